The molecular weight excluding hydrogens is 378 g/mol. The lowest BCUT2D eigenvalue weighted by molar-refractivity contribution is -0.160. The first-order chi connectivity index (χ1) is 14.5. The SMILES string of the molecule is O=C(NCC(=O)N1CCN(C(=O)C23CC4CC(CC(C4)C2)C3)CC1)c1ccccc1. The molecule has 0 atom stereocenters. The van der Waals surface area contributed by atoms with Crippen LogP contribution in [0.4, 0.5) is 0 Å². The van der Waals surface area contributed by atoms with Gasteiger partial charge >= 0.3 is 0 Å². The van der Waals surface area contributed by atoms with Crippen LogP contribution in [0.15, 0.2) is 30.3 Å². The number of carbonyl (C=O) groups is 3. The Kier molecular flexibility index (Phi) is 5.03. The van der Waals surface area contributed by atoms with Crippen molar-refractivity contribution in [3.8, 4) is 0 Å². The molecule has 4 bridgehead atoms. The zero-order chi connectivity index (χ0) is 20.7. The molecule has 6 heteroatoms. The molecule has 1 aliphatic heterocycles. The number of hydrogen-bond donors (Lipinski definition) is 1. The van der Waals surface area contributed by atoms with Gasteiger partial charge in [0.2, 0.25) is 11.8 Å². The second kappa shape index (κ2) is 7.71. The lowest BCUT2D eigenvalue weighted by Crippen LogP contribution is -2.59. The van der Waals surface area contributed by atoms with Crippen LogP contribution >= 0.6 is 0 Å². The van der Waals surface area contributed by atoms with Gasteiger partial charge in [-0.1, -0.05) is 18.2 Å². The molecule has 1 heterocycles. The molecule has 160 valence electrons. The molecule has 4 aliphatic carbocycles. The molecule has 6 nitrogen and oxygen atoms in total. The summed E-state index contributed by atoms with van der Waals surface area (Å²) in [6.07, 6.45) is 7.27. The second-order valence-electron chi connectivity index (χ2n) is 9.92. The van der Waals surface area contributed by atoms with Crippen LogP contribution in [-0.2, 0) is 9.59 Å². The monoisotopic (exact) mass is 409 g/mol. The van der Waals surface area contributed by atoms with Crippen molar-refractivity contribution < 1.29 is 14.4 Å². The molecule has 3 amide bonds. The predicted molar refractivity (Wildman–Crippen MR) is 113 cm³/mol. The maximum absolute atomic E-state index is 13.5. The summed E-state index contributed by atoms with van der Waals surface area (Å²) < 4.78 is 0. The van der Waals surface area contributed by atoms with Gasteiger partial charge in [-0.2, -0.15) is 0 Å². The molecule has 30 heavy (non-hydrogen) atoms. The minimum absolute atomic E-state index is 0.00332. The lowest BCUT2D eigenvalue weighted by Gasteiger charge is -2.57. The molecule has 0 aromatic heterocycles. The van der Waals surface area contributed by atoms with Gasteiger partial charge in [-0.15, -0.1) is 0 Å². The lowest BCUT2D eigenvalue weighted by atomic mass is 9.49. The highest BCUT2D eigenvalue weighted by Crippen LogP contribution is 2.60. The highest BCUT2D eigenvalue weighted by molar-refractivity contribution is 5.96. The van der Waals surface area contributed by atoms with Crippen molar-refractivity contribution in [2.24, 2.45) is 23.2 Å². The maximum atomic E-state index is 13.5. The average molecular weight is 410 g/mol. The first-order valence-corrected chi connectivity index (χ1v) is 11.4. The second-order valence-corrected chi connectivity index (χ2v) is 9.92. The van der Waals surface area contributed by atoms with E-state index in [9.17, 15) is 14.4 Å². The molecule has 6 rings (SSSR count). The number of nitrogens with one attached hydrogen (secondary N) is 1. The van der Waals surface area contributed by atoms with Crippen LogP contribution in [0, 0.1) is 23.2 Å². The summed E-state index contributed by atoms with van der Waals surface area (Å²) in [4.78, 5) is 41.9. The van der Waals surface area contributed by atoms with Crippen LogP contribution in [0.5, 0.6) is 0 Å². The Morgan fingerprint density at radius 1 is 0.833 bits per heavy atom. The highest BCUT2D eigenvalue weighted by Gasteiger charge is 2.55. The third-order valence-corrected chi connectivity index (χ3v) is 7.85. The van der Waals surface area contributed by atoms with E-state index < -0.39 is 0 Å². The smallest absolute Gasteiger partial charge is 0.251 e. The molecular formula is C24H31N3O3. The number of rotatable bonds is 4. The van der Waals surface area contributed by atoms with E-state index in [1.54, 1.807) is 29.2 Å². The van der Waals surface area contributed by atoms with Crippen LogP contribution in [0.1, 0.15) is 48.9 Å². The molecule has 5 aliphatic rings. The summed E-state index contributed by atoms with van der Waals surface area (Å²) in [5.74, 6) is 2.32. The molecule has 1 N–H and O–H groups in total. The normalized spacial score (nSPS) is 32.2. The zero-order valence-electron chi connectivity index (χ0n) is 17.5. The Hall–Kier alpha value is -2.37. The molecule has 4 saturated carbocycles. The van der Waals surface area contributed by atoms with E-state index in [2.05, 4.69) is 5.32 Å². The zero-order valence-corrected chi connectivity index (χ0v) is 17.5. The molecule has 1 saturated heterocycles. The molecule has 0 spiro atoms. The van der Waals surface area contributed by atoms with Crippen molar-refractivity contribution in [1.82, 2.24) is 15.1 Å². The first-order valence-electron chi connectivity index (χ1n) is 11.4. The van der Waals surface area contributed by atoms with Gasteiger partial charge in [-0.05, 0) is 68.4 Å². The van der Waals surface area contributed by atoms with Crippen LogP contribution in [0.3, 0.4) is 0 Å². The molecule has 5 fully saturated rings. The quantitative estimate of drug-likeness (QED) is 0.830. The van der Waals surface area contributed by atoms with E-state index in [4.69, 9.17) is 0 Å². The number of nitrogens with zero attached hydrogens (tertiary/aromatic N) is 2. The van der Waals surface area contributed by atoms with Crippen molar-refractivity contribution in [3.63, 3.8) is 0 Å². The molecule has 0 radical (unpaired) electrons. The van der Waals surface area contributed by atoms with E-state index >= 15 is 0 Å². The molecule has 1 aromatic carbocycles. The topological polar surface area (TPSA) is 69.7 Å². The number of piperazine rings is 1. The van der Waals surface area contributed by atoms with E-state index in [0.29, 0.717) is 37.6 Å². The fourth-order valence-corrected chi connectivity index (χ4v) is 6.83. The van der Waals surface area contributed by atoms with Crippen molar-refractivity contribution in [3.05, 3.63) is 35.9 Å². The Labute approximate surface area is 178 Å². The Bertz CT molecular complexity index is 794. The van der Waals surface area contributed by atoms with Gasteiger partial charge in [0.1, 0.15) is 0 Å². The Balaban J connectivity index is 1.13. The standard InChI is InChI=1S/C24H31N3O3/c28-21(16-25-22(29)20-4-2-1-3-5-20)26-6-8-27(9-7-26)23(30)24-13-17-10-18(14-24)12-19(11-17)15-24/h1-5,17-19H,6-16H2,(H,25,29). The number of hydrogen-bond acceptors (Lipinski definition) is 3. The van der Waals surface area contributed by atoms with Gasteiger partial charge in [0, 0.05) is 31.7 Å². The van der Waals surface area contributed by atoms with E-state index in [0.717, 1.165) is 37.0 Å². The fraction of sp³-hybridized carbons (Fsp3) is 0.625. The van der Waals surface area contributed by atoms with E-state index in [-0.39, 0.29) is 23.8 Å². The van der Waals surface area contributed by atoms with Crippen molar-refractivity contribution in [2.45, 2.75) is 38.5 Å². The third-order valence-electron chi connectivity index (χ3n) is 7.85. The third kappa shape index (κ3) is 3.61. The maximum Gasteiger partial charge on any atom is 0.251 e. The van der Waals surface area contributed by atoms with Crippen molar-refractivity contribution >= 4 is 17.7 Å². The van der Waals surface area contributed by atoms with Gasteiger partial charge in [-0.25, -0.2) is 0 Å². The van der Waals surface area contributed by atoms with E-state index in [1.807, 2.05) is 11.0 Å². The van der Waals surface area contributed by atoms with Gasteiger partial charge in [-0.3, -0.25) is 14.4 Å². The number of carbonyl (C=O) groups excluding carboxylic acids is 3. The minimum Gasteiger partial charge on any atom is -0.343 e. The Morgan fingerprint density at radius 3 is 1.93 bits per heavy atom. The molecule has 1 aromatic rings. The van der Waals surface area contributed by atoms with Gasteiger partial charge in [0.15, 0.2) is 0 Å². The summed E-state index contributed by atoms with van der Waals surface area (Å²) in [5, 5.41) is 2.71. The van der Waals surface area contributed by atoms with Gasteiger partial charge < -0.3 is 15.1 Å². The fourth-order valence-electron chi connectivity index (χ4n) is 6.83. The summed E-state index contributed by atoms with van der Waals surface area (Å²) in [7, 11) is 0. The van der Waals surface area contributed by atoms with Crippen LogP contribution in [0.25, 0.3) is 0 Å². The summed E-state index contributed by atoms with van der Waals surface area (Å²) in [6.45, 7) is 2.32. The average Bonchev–Trinajstić information content (AvgIpc) is 2.76. The Morgan fingerprint density at radius 2 is 1.37 bits per heavy atom. The van der Waals surface area contributed by atoms with Crippen molar-refractivity contribution in [1.29, 1.82) is 0 Å². The largest absolute Gasteiger partial charge is 0.343 e. The number of benzene rings is 1. The van der Waals surface area contributed by atoms with E-state index in [1.165, 1.54) is 19.3 Å². The van der Waals surface area contributed by atoms with Gasteiger partial charge in [0.25, 0.3) is 5.91 Å². The molecule has 0 unspecified atom stereocenters. The van der Waals surface area contributed by atoms with Crippen LogP contribution < -0.4 is 5.32 Å². The predicted octanol–water partition coefficient (Wildman–Crippen LogP) is 2.30. The summed E-state index contributed by atoms with van der Waals surface area (Å²) >= 11 is 0. The minimum atomic E-state index is -0.236. The number of amides is 3. The van der Waals surface area contributed by atoms with Crippen molar-refractivity contribution in [2.75, 3.05) is 32.7 Å². The highest BCUT2D eigenvalue weighted by atomic mass is 16.2. The van der Waals surface area contributed by atoms with Crippen LogP contribution in [-0.4, -0.2) is 60.2 Å². The summed E-state index contributed by atoms with van der Waals surface area (Å²) in [5.41, 5.74) is 0.446. The van der Waals surface area contributed by atoms with Crippen LogP contribution in [0.2, 0.25) is 0 Å². The summed E-state index contributed by atoms with van der Waals surface area (Å²) in [6, 6.07) is 8.92. The van der Waals surface area contributed by atoms with Gasteiger partial charge in [0.05, 0.1) is 12.0 Å². The first kappa shape index (κ1) is 19.6.